The maximum Gasteiger partial charge on any atom is 0.246 e. The summed E-state index contributed by atoms with van der Waals surface area (Å²) in [5, 5.41) is 73.1. The Bertz CT molecular complexity index is 5250. The summed E-state index contributed by atoms with van der Waals surface area (Å²) in [4.78, 5) is 262. The minimum absolute atomic E-state index is 0.00318. The third-order valence-corrected chi connectivity index (χ3v) is 26.4. The lowest BCUT2D eigenvalue weighted by molar-refractivity contribution is -0.149. The predicted octanol–water partition coefficient (Wildman–Crippen LogP) is -1.59. The van der Waals surface area contributed by atoms with Crippen LogP contribution in [0.15, 0.2) is 103 Å². The zero-order valence-corrected chi connectivity index (χ0v) is 79.2. The molecule has 0 spiro atoms. The lowest BCUT2D eigenvalue weighted by atomic mass is 10.00. The second-order valence-electron chi connectivity index (χ2n) is 35.0. The van der Waals surface area contributed by atoms with Crippen molar-refractivity contribution in [2.45, 2.75) is 234 Å². The van der Waals surface area contributed by atoms with Crippen molar-refractivity contribution in [2.75, 3.05) is 65.4 Å². The predicted molar refractivity (Wildman–Crippen MR) is 506 cm³/mol. The number of aliphatic hydroxyl groups is 2. The van der Waals surface area contributed by atoms with Gasteiger partial charge >= 0.3 is 0 Å². The minimum atomic E-state index is -1.88. The highest BCUT2D eigenvalue weighted by Crippen LogP contribution is 2.30. The van der Waals surface area contributed by atoms with Crippen LogP contribution in [0.5, 0.6) is 5.75 Å². The number of hydrogen-bond acceptors (Lipinski definition) is 23. The highest BCUT2D eigenvalue weighted by molar-refractivity contribution is 8.00. The molecule has 6 aromatic rings. The molecule has 0 radical (unpaired) electrons. The van der Waals surface area contributed by atoms with Crippen molar-refractivity contribution in [3.8, 4) is 5.75 Å². The molecule has 15 atom stereocenters. The van der Waals surface area contributed by atoms with E-state index in [9.17, 15) is 58.5 Å². The Morgan fingerprint density at radius 1 is 0.551 bits per heavy atom. The molecule has 3 aliphatic heterocycles. The molecule has 23 N–H and O–H groups in total. The first kappa shape index (κ1) is 106. The van der Waals surface area contributed by atoms with Gasteiger partial charge in [0.15, 0.2) is 5.96 Å². The number of aromatic hydroxyl groups is 1. The number of nitrogens with two attached hydrogens (primary N) is 3. The van der Waals surface area contributed by atoms with Gasteiger partial charge in [-0.15, -0.1) is 23.1 Å². The average Bonchev–Trinajstić information content (AvgIpc) is 1.53. The van der Waals surface area contributed by atoms with E-state index in [-0.39, 0.29) is 102 Å². The van der Waals surface area contributed by atoms with E-state index >= 15 is 38.4 Å². The number of aromatic amines is 2. The maximum atomic E-state index is 15.8. The summed E-state index contributed by atoms with van der Waals surface area (Å²) in [6, 6.07) is 1.39. The van der Waals surface area contributed by atoms with Gasteiger partial charge in [-0.25, -0.2) is 0 Å². The quantitative estimate of drug-likeness (QED) is 0.0165. The number of hydrogen-bond donors (Lipinski definition) is 20. The number of para-hydroxylation sites is 1. The SMILES string of the molecule is CCCC[C@H]1C(=O)N(C)[C@@H](CCCC)C(=O)N[C@@H](CCCNC(=N)N)C(=O)N[C@H](C(=O)NCC(N)=O)CSCC(=O)N[C@@H](Cc2ccc(O)cc2)C(=O)N(C)[C@@H](C)C(=O)N[C@@H](CC(N)=O)C(=O)N2CCC[C@H]2C(=O)N[C@@H](Cc2ccc[nH]2)C(=O)N[C@@H](CC(C)C)C(=O)N2C[C@H](O)C[C@H]2C(=O)N[C@@H](Cc2c[nH]c3ccccc23)C(=O)N[C@@H](CO)C(=O)N[C@@H](Cc2csc3ccccc23)C(=O)N1C. The van der Waals surface area contributed by atoms with Gasteiger partial charge in [-0.05, 0) is 122 Å². The number of primary amides is 2. The van der Waals surface area contributed by atoms with Crippen molar-refractivity contribution in [3.05, 3.63) is 125 Å². The fourth-order valence-electron chi connectivity index (χ4n) is 16.8. The second kappa shape index (κ2) is 50.9. The summed E-state index contributed by atoms with van der Waals surface area (Å²) in [5.41, 5.74) is 19.3. The number of nitrogens with one attached hydrogen (secondary N) is 14. The van der Waals surface area contributed by atoms with E-state index in [2.05, 4.69) is 68.5 Å². The first-order valence-electron chi connectivity index (χ1n) is 45.6. The van der Waals surface area contributed by atoms with Crippen LogP contribution in [0.1, 0.15) is 140 Å². The second-order valence-corrected chi connectivity index (χ2v) is 36.9. The third-order valence-electron chi connectivity index (χ3n) is 24.3. The van der Waals surface area contributed by atoms with Crippen LogP contribution >= 0.6 is 23.1 Å². The Morgan fingerprint density at radius 2 is 1.13 bits per heavy atom. The van der Waals surface area contributed by atoms with Crippen molar-refractivity contribution < 1.29 is 96.8 Å². The molecule has 0 saturated carbocycles. The number of phenolic OH excluding ortho intramolecular Hbond substituents is 1. The summed E-state index contributed by atoms with van der Waals surface area (Å²) in [6.45, 7) is 6.08. The maximum absolute atomic E-state index is 15.8. The van der Waals surface area contributed by atoms with E-state index in [0.717, 1.165) is 41.0 Å². The summed E-state index contributed by atoms with van der Waals surface area (Å²) >= 11 is 2.11. The lowest BCUT2D eigenvalue weighted by Gasteiger charge is -2.36. The number of H-pyrrole nitrogens is 2. The van der Waals surface area contributed by atoms with Crippen LogP contribution in [0.25, 0.3) is 21.0 Å². The number of unbranched alkanes of at least 4 members (excludes halogenated alkanes) is 2. The van der Waals surface area contributed by atoms with Gasteiger partial charge < -0.3 is 125 Å². The molecule has 9 rings (SSSR count). The van der Waals surface area contributed by atoms with Crippen LogP contribution in [0, 0.1) is 11.3 Å². The van der Waals surface area contributed by atoms with Crippen molar-refractivity contribution in [1.29, 1.82) is 5.41 Å². The molecule has 42 nitrogen and oxygen atoms in total. The molecule has 3 aromatic heterocycles. The number of likely N-dealkylation sites (N-methyl/N-ethyl adjacent to an activating group) is 3. The van der Waals surface area contributed by atoms with Crippen LogP contribution in [0.3, 0.4) is 0 Å². The average molecular weight is 1930 g/mol. The molecule has 738 valence electrons. The Labute approximate surface area is 795 Å². The molecular weight excluding hydrogens is 1800 g/mol. The Hall–Kier alpha value is -13.2. The molecule has 6 heterocycles. The van der Waals surface area contributed by atoms with Crippen LogP contribution in [-0.4, -0.2) is 312 Å². The zero-order valence-electron chi connectivity index (χ0n) is 77.6. The number of fused-ring (bicyclic) bond motifs is 4. The van der Waals surface area contributed by atoms with Crippen molar-refractivity contribution >= 4 is 150 Å². The summed E-state index contributed by atoms with van der Waals surface area (Å²) in [6.07, 6.45) is 1.13. The molecule has 3 fully saturated rings. The zero-order chi connectivity index (χ0) is 99.3. The Balaban J connectivity index is 1.10. The van der Waals surface area contributed by atoms with Crippen molar-refractivity contribution in [3.63, 3.8) is 0 Å². The lowest BCUT2D eigenvalue weighted by Crippen LogP contribution is -2.62. The number of nitrogens with zero attached hydrogens (tertiary/aromatic N) is 5. The number of amides is 17. The van der Waals surface area contributed by atoms with Crippen molar-refractivity contribution in [2.24, 2.45) is 23.1 Å². The number of carbonyl (C=O) groups excluding carboxylic acids is 17. The van der Waals surface area contributed by atoms with Crippen LogP contribution in [0.4, 0.5) is 0 Å². The molecule has 0 aliphatic carbocycles. The highest BCUT2D eigenvalue weighted by atomic mass is 32.2. The Kier molecular flexibility index (Phi) is 39.9. The number of thioether (sulfide) groups is 1. The number of phenols is 1. The Morgan fingerprint density at radius 3 is 1.79 bits per heavy atom. The van der Waals surface area contributed by atoms with Crippen LogP contribution < -0.4 is 75.7 Å². The standard InChI is InChI=1S/C92H128N22O20S2/c1-9-11-25-70-84(127)102-61(24-18-34-98-92(95)96)80(123)109-69(79(122)100-44-76(94)119)48-135-49-77(120)101-65(37-52-29-31-56(116)32-30-52)87(130)110(6)51(5)78(121)105-67(42-75(93)118)89(132)113-35-19-27-71(113)85(128)104-63(40-55-20-17-33-97-55)82(125)106-64(36-50(3)4)90(133)114-45-57(117)41-73(114)86(129)103-62(38-53-43-99-60-23-15-13-21-58(53)60)81(124)108-68(46-115)83(126)107-66(39-54-47-136-74-28-16-14-22-59(54)74)88(131)112(8)72(26-12-10-2)91(134)111(70)7/h13-17,20-23,28-33,43,47,50-51,57,61-73,97,99,115-117H,9-12,18-19,24-27,34-42,44-46,48-49H2,1-8H3,(H2,93,118)(H2,94,119)(H,100,122)(H,101,120)(H,102,127)(H,103,129)(H,104,128)(H,105,121)(H,106,125)(H,107,126)(H,108,124)(H,109,123)(H4,95,96,98)/t51-,57+,61-,62-,63-,64-,65-,66-,67-,68-,69-,70-,71-,72-,73-/m0/s1. The highest BCUT2D eigenvalue weighted by Gasteiger charge is 2.47. The van der Waals surface area contributed by atoms with Crippen molar-refractivity contribution in [1.82, 2.24) is 93.0 Å². The van der Waals surface area contributed by atoms with E-state index in [4.69, 9.17) is 22.6 Å². The molecule has 17 amide bonds. The van der Waals surface area contributed by atoms with Gasteiger partial charge in [-0.3, -0.25) is 86.9 Å². The summed E-state index contributed by atoms with van der Waals surface area (Å²) in [7, 11) is 3.92. The largest absolute Gasteiger partial charge is 0.508 e. The van der Waals surface area contributed by atoms with E-state index in [0.29, 0.717) is 64.4 Å². The van der Waals surface area contributed by atoms with Crippen LogP contribution in [-0.2, 0) is 107 Å². The smallest absolute Gasteiger partial charge is 0.246 e. The van der Waals surface area contributed by atoms with Gasteiger partial charge in [0.25, 0.3) is 0 Å². The fraction of sp³-hybridized carbons (Fsp3) is 0.522. The number of aromatic nitrogens is 2. The number of benzene rings is 3. The minimum Gasteiger partial charge on any atom is -0.508 e. The van der Waals surface area contributed by atoms with Gasteiger partial charge in [-0.1, -0.05) is 102 Å². The molecule has 0 unspecified atom stereocenters. The molecule has 3 aromatic carbocycles. The van der Waals surface area contributed by atoms with Gasteiger partial charge in [0, 0.05) is 112 Å². The fourth-order valence-corrected chi connectivity index (χ4v) is 18.6. The summed E-state index contributed by atoms with van der Waals surface area (Å²) < 4.78 is 0.813. The van der Waals surface area contributed by atoms with Gasteiger partial charge in [-0.2, -0.15) is 0 Å². The number of rotatable bonds is 26. The number of aliphatic hydroxyl groups excluding tert-OH is 2. The number of guanidine groups is 1. The normalized spacial score (nSPS) is 24.7. The van der Waals surface area contributed by atoms with Gasteiger partial charge in [0.1, 0.15) is 90.3 Å². The van der Waals surface area contributed by atoms with E-state index in [1.54, 1.807) is 74.1 Å². The summed E-state index contributed by atoms with van der Waals surface area (Å²) in [5.74, 6) is -17.9. The first-order valence-corrected chi connectivity index (χ1v) is 47.7. The molecule has 3 aliphatic rings. The van der Waals surface area contributed by atoms with E-state index < -0.39 is 235 Å². The topological polar surface area (TPSA) is 633 Å². The van der Waals surface area contributed by atoms with E-state index in [1.165, 1.54) is 63.7 Å². The van der Waals surface area contributed by atoms with Gasteiger partial charge in [0.05, 0.1) is 31.4 Å². The van der Waals surface area contributed by atoms with E-state index in [1.807, 2.05) is 32.0 Å². The van der Waals surface area contributed by atoms with Crippen LogP contribution in [0.2, 0.25) is 0 Å². The first-order chi connectivity index (χ1) is 64.8. The molecule has 0 bridgehead atoms. The number of carbonyl (C=O) groups is 17. The van der Waals surface area contributed by atoms with Gasteiger partial charge in [0.2, 0.25) is 100 Å². The molecule has 3 saturated heterocycles. The molecular formula is C92H128N22O20S2. The monoisotopic (exact) mass is 1920 g/mol. The third kappa shape index (κ3) is 29.6. The number of thiophene rings is 1. The molecule has 44 heteroatoms. The molecule has 136 heavy (non-hydrogen) atoms.